The minimum Gasteiger partial charge on any atom is -0.492 e. The summed E-state index contributed by atoms with van der Waals surface area (Å²) in [6, 6.07) is 18.1. The van der Waals surface area contributed by atoms with E-state index in [1.54, 1.807) is 37.4 Å². The maximum atomic E-state index is 12.7. The Hall–Kier alpha value is -2.94. The number of para-hydroxylation sites is 1. The summed E-state index contributed by atoms with van der Waals surface area (Å²) in [5.41, 5.74) is 0.740. The molecule has 2 N–H and O–H groups in total. The summed E-state index contributed by atoms with van der Waals surface area (Å²) in [6.07, 6.45) is 1.63. The average molecular weight is 460 g/mol. The Morgan fingerprint density at radius 1 is 1.10 bits per heavy atom. The van der Waals surface area contributed by atoms with Crippen molar-refractivity contribution < 1.29 is 17.9 Å². The molecule has 0 aliphatic carbocycles. The Labute approximate surface area is 186 Å². The second-order valence-corrected chi connectivity index (χ2v) is 8.82. The summed E-state index contributed by atoms with van der Waals surface area (Å²) >= 11 is 6.15. The molecule has 1 aromatic heterocycles. The molecular formula is C22H22ClN3O4S. The lowest BCUT2D eigenvalue weighted by atomic mass is 10.1. The molecule has 31 heavy (non-hydrogen) atoms. The van der Waals surface area contributed by atoms with Gasteiger partial charge in [-0.15, -0.1) is 0 Å². The van der Waals surface area contributed by atoms with Crippen molar-refractivity contribution in [3.63, 3.8) is 0 Å². The van der Waals surface area contributed by atoms with Gasteiger partial charge in [0.25, 0.3) is 5.91 Å². The highest BCUT2D eigenvalue weighted by molar-refractivity contribution is 7.89. The maximum absolute atomic E-state index is 12.7. The Morgan fingerprint density at radius 2 is 1.84 bits per heavy atom. The first-order valence-corrected chi connectivity index (χ1v) is 11.4. The second kappa shape index (κ2) is 10.4. The third-order valence-corrected chi connectivity index (χ3v) is 6.17. The summed E-state index contributed by atoms with van der Waals surface area (Å²) < 4.78 is 33.2. The maximum Gasteiger partial charge on any atom is 0.253 e. The van der Waals surface area contributed by atoms with Crippen molar-refractivity contribution in [3.05, 3.63) is 89.2 Å². The lowest BCUT2D eigenvalue weighted by molar-refractivity contribution is 0.0939. The standard InChI is InChI=1S/C22H22ClN3O4S/c1-16(21-9-5-6-12-24-21)26-22(27)19-15-18(10-11-20(19)23)31(28,29)25-13-14-30-17-7-3-2-4-8-17/h2-12,15-16,25H,13-14H2,1H3,(H,26,27). The van der Waals surface area contributed by atoms with Gasteiger partial charge in [-0.1, -0.05) is 35.9 Å². The third-order valence-electron chi connectivity index (χ3n) is 4.38. The molecule has 0 saturated carbocycles. The largest absolute Gasteiger partial charge is 0.492 e. The first kappa shape index (κ1) is 22.7. The lowest BCUT2D eigenvalue weighted by Gasteiger charge is -2.15. The van der Waals surface area contributed by atoms with E-state index in [2.05, 4.69) is 15.0 Å². The van der Waals surface area contributed by atoms with Crippen LogP contribution in [0.15, 0.2) is 77.8 Å². The fourth-order valence-electron chi connectivity index (χ4n) is 2.77. The van der Waals surface area contributed by atoms with Crippen LogP contribution >= 0.6 is 11.6 Å². The van der Waals surface area contributed by atoms with E-state index in [4.69, 9.17) is 16.3 Å². The monoisotopic (exact) mass is 459 g/mol. The van der Waals surface area contributed by atoms with Gasteiger partial charge in [0.2, 0.25) is 10.0 Å². The van der Waals surface area contributed by atoms with Crippen LogP contribution in [0.4, 0.5) is 0 Å². The number of nitrogens with one attached hydrogen (secondary N) is 2. The molecule has 1 unspecified atom stereocenters. The van der Waals surface area contributed by atoms with Gasteiger partial charge >= 0.3 is 0 Å². The van der Waals surface area contributed by atoms with Gasteiger partial charge in [-0.05, 0) is 49.4 Å². The molecule has 9 heteroatoms. The van der Waals surface area contributed by atoms with Crippen molar-refractivity contribution in [3.8, 4) is 5.75 Å². The fraction of sp³-hybridized carbons (Fsp3) is 0.182. The number of hydrogen-bond donors (Lipinski definition) is 2. The predicted molar refractivity (Wildman–Crippen MR) is 119 cm³/mol. The van der Waals surface area contributed by atoms with E-state index in [0.29, 0.717) is 11.4 Å². The molecule has 0 spiro atoms. The molecule has 2 aromatic carbocycles. The molecule has 7 nitrogen and oxygen atoms in total. The lowest BCUT2D eigenvalue weighted by Crippen LogP contribution is -2.30. The number of aromatic nitrogens is 1. The van der Waals surface area contributed by atoms with Gasteiger partial charge < -0.3 is 10.1 Å². The van der Waals surface area contributed by atoms with Gasteiger partial charge in [-0.2, -0.15) is 0 Å². The zero-order valence-corrected chi connectivity index (χ0v) is 18.4. The Morgan fingerprint density at radius 3 is 2.55 bits per heavy atom. The molecule has 1 heterocycles. The predicted octanol–water partition coefficient (Wildman–Crippen LogP) is 3.58. The van der Waals surface area contributed by atoms with E-state index in [9.17, 15) is 13.2 Å². The van der Waals surface area contributed by atoms with Crippen LogP contribution in [-0.2, 0) is 10.0 Å². The second-order valence-electron chi connectivity index (χ2n) is 6.65. The molecule has 0 radical (unpaired) electrons. The Balaban J connectivity index is 1.65. The van der Waals surface area contributed by atoms with Gasteiger partial charge in [-0.3, -0.25) is 9.78 Å². The zero-order chi connectivity index (χ0) is 22.3. The topological polar surface area (TPSA) is 97.4 Å². The van der Waals surface area contributed by atoms with Crippen molar-refractivity contribution in [2.75, 3.05) is 13.2 Å². The molecule has 3 rings (SSSR count). The van der Waals surface area contributed by atoms with E-state index >= 15 is 0 Å². The van der Waals surface area contributed by atoms with Crippen LogP contribution in [0.5, 0.6) is 5.75 Å². The van der Waals surface area contributed by atoms with Crippen LogP contribution in [0.1, 0.15) is 29.0 Å². The normalized spacial score (nSPS) is 12.2. The van der Waals surface area contributed by atoms with Crippen LogP contribution in [0.3, 0.4) is 0 Å². The molecule has 0 saturated heterocycles. The Bertz CT molecular complexity index is 1130. The van der Waals surface area contributed by atoms with Crippen molar-refractivity contribution >= 4 is 27.5 Å². The summed E-state index contributed by atoms with van der Waals surface area (Å²) in [7, 11) is -3.85. The van der Waals surface area contributed by atoms with Gasteiger partial charge in [0.1, 0.15) is 12.4 Å². The van der Waals surface area contributed by atoms with Crippen molar-refractivity contribution in [1.82, 2.24) is 15.0 Å². The molecule has 0 fully saturated rings. The summed E-state index contributed by atoms with van der Waals surface area (Å²) in [5.74, 6) is 0.154. The quantitative estimate of drug-likeness (QED) is 0.476. The number of sulfonamides is 1. The molecule has 162 valence electrons. The minimum atomic E-state index is -3.85. The van der Waals surface area contributed by atoms with Gasteiger partial charge in [-0.25, -0.2) is 13.1 Å². The van der Waals surface area contributed by atoms with Crippen LogP contribution in [0.25, 0.3) is 0 Å². The van der Waals surface area contributed by atoms with Crippen molar-refractivity contribution in [2.45, 2.75) is 17.9 Å². The highest BCUT2D eigenvalue weighted by atomic mass is 35.5. The smallest absolute Gasteiger partial charge is 0.253 e. The number of carbonyl (C=O) groups is 1. The minimum absolute atomic E-state index is 0.0627. The molecule has 3 aromatic rings. The van der Waals surface area contributed by atoms with E-state index in [-0.39, 0.29) is 34.7 Å². The highest BCUT2D eigenvalue weighted by Crippen LogP contribution is 2.21. The number of halogens is 1. The fourth-order valence-corrected chi connectivity index (χ4v) is 4.01. The average Bonchev–Trinajstić information content (AvgIpc) is 2.78. The Kier molecular flexibility index (Phi) is 7.62. The molecule has 0 aliphatic rings. The first-order chi connectivity index (χ1) is 14.9. The SMILES string of the molecule is CC(NC(=O)c1cc(S(=O)(=O)NCCOc2ccccc2)ccc1Cl)c1ccccn1. The van der Waals surface area contributed by atoms with Crippen molar-refractivity contribution in [1.29, 1.82) is 0 Å². The number of amides is 1. The number of rotatable bonds is 9. The van der Waals surface area contributed by atoms with E-state index < -0.39 is 15.9 Å². The number of benzene rings is 2. The van der Waals surface area contributed by atoms with Gasteiger partial charge in [0, 0.05) is 12.7 Å². The van der Waals surface area contributed by atoms with E-state index in [1.807, 2.05) is 24.3 Å². The number of pyridine rings is 1. The highest BCUT2D eigenvalue weighted by Gasteiger charge is 2.20. The third kappa shape index (κ3) is 6.27. The number of hydrogen-bond acceptors (Lipinski definition) is 5. The summed E-state index contributed by atoms with van der Waals surface area (Å²) in [4.78, 5) is 16.8. The molecule has 0 aliphatic heterocycles. The number of ether oxygens (including phenoxy) is 1. The van der Waals surface area contributed by atoms with E-state index in [0.717, 1.165) is 0 Å². The molecule has 1 amide bonds. The van der Waals surface area contributed by atoms with Crippen LogP contribution in [-0.4, -0.2) is 32.5 Å². The zero-order valence-electron chi connectivity index (χ0n) is 16.8. The van der Waals surface area contributed by atoms with E-state index in [1.165, 1.54) is 18.2 Å². The summed E-state index contributed by atoms with van der Waals surface area (Å²) in [5, 5.41) is 2.93. The van der Waals surface area contributed by atoms with Gasteiger partial charge in [0.05, 0.1) is 27.2 Å². The van der Waals surface area contributed by atoms with Gasteiger partial charge in [0.15, 0.2) is 0 Å². The summed E-state index contributed by atoms with van der Waals surface area (Å²) in [6.45, 7) is 2.01. The molecule has 0 bridgehead atoms. The van der Waals surface area contributed by atoms with Crippen LogP contribution < -0.4 is 14.8 Å². The number of carbonyl (C=O) groups excluding carboxylic acids is 1. The molecular weight excluding hydrogens is 438 g/mol. The molecule has 1 atom stereocenters. The van der Waals surface area contributed by atoms with Crippen LogP contribution in [0, 0.1) is 0 Å². The first-order valence-electron chi connectivity index (χ1n) is 9.55. The van der Waals surface area contributed by atoms with Crippen LogP contribution in [0.2, 0.25) is 5.02 Å². The van der Waals surface area contributed by atoms with Crippen molar-refractivity contribution in [2.24, 2.45) is 0 Å². The number of nitrogens with zero attached hydrogens (tertiary/aromatic N) is 1.